The average Bonchev–Trinajstić information content (AvgIpc) is 3.13. The third kappa shape index (κ3) is 5.12. The molecule has 0 radical (unpaired) electrons. The largest absolute Gasteiger partial charge is 0.459 e. The number of furan rings is 1. The van der Waals surface area contributed by atoms with Gasteiger partial charge < -0.3 is 15.1 Å². The van der Waals surface area contributed by atoms with Crippen molar-refractivity contribution in [1.29, 1.82) is 0 Å². The van der Waals surface area contributed by atoms with Gasteiger partial charge >= 0.3 is 5.76 Å². The van der Waals surface area contributed by atoms with Gasteiger partial charge in [0.1, 0.15) is 0 Å². The zero-order chi connectivity index (χ0) is 19.2. The summed E-state index contributed by atoms with van der Waals surface area (Å²) in [5.41, 5.74) is 0.280. The Balaban J connectivity index is 1.76. The molecule has 0 bridgehead atoms. The second-order valence-corrected chi connectivity index (χ2v) is 7.13. The van der Waals surface area contributed by atoms with Gasteiger partial charge in [-0.15, -0.1) is 0 Å². The van der Waals surface area contributed by atoms with Gasteiger partial charge in [0.25, 0.3) is 5.91 Å². The van der Waals surface area contributed by atoms with E-state index >= 15 is 0 Å². The number of sulfone groups is 1. The lowest BCUT2D eigenvalue weighted by Gasteiger charge is -2.07. The molecule has 0 saturated carbocycles. The molecule has 1 aromatic heterocycles. The standard InChI is InChI=1S/C16H16F2N2O5S/c17-16(18)26(23,24)12-7-5-11(6-8-12)20-14(21)4-1-9-19-15(22)13-3-2-10-25-13/h2-3,5-8,10,16H,1,4,9H2,(H,19,22)(H,20,21). The van der Waals surface area contributed by atoms with Crippen LogP contribution in [-0.2, 0) is 14.6 Å². The summed E-state index contributed by atoms with van der Waals surface area (Å²) in [6.07, 6.45) is 1.85. The molecule has 2 amide bonds. The van der Waals surface area contributed by atoms with Crippen LogP contribution < -0.4 is 10.6 Å². The third-order valence-electron chi connectivity index (χ3n) is 3.31. The Morgan fingerprint density at radius 2 is 1.81 bits per heavy atom. The maximum absolute atomic E-state index is 12.4. The number of halogens is 2. The average molecular weight is 386 g/mol. The molecule has 0 spiro atoms. The molecule has 1 aromatic carbocycles. The zero-order valence-electron chi connectivity index (χ0n) is 13.4. The fraction of sp³-hybridized carbons (Fsp3) is 0.250. The Bertz CT molecular complexity index is 849. The van der Waals surface area contributed by atoms with Crippen LogP contribution in [0.2, 0.25) is 0 Å². The van der Waals surface area contributed by atoms with E-state index in [0.717, 1.165) is 12.1 Å². The highest BCUT2D eigenvalue weighted by atomic mass is 32.2. The minimum Gasteiger partial charge on any atom is -0.459 e. The number of hydrogen-bond donors (Lipinski definition) is 2. The summed E-state index contributed by atoms with van der Waals surface area (Å²) in [4.78, 5) is 22.9. The van der Waals surface area contributed by atoms with E-state index in [1.54, 1.807) is 6.07 Å². The number of amides is 2. The Kier molecular flexibility index (Phi) is 6.45. The van der Waals surface area contributed by atoms with Gasteiger partial charge in [-0.3, -0.25) is 9.59 Å². The van der Waals surface area contributed by atoms with E-state index in [0.29, 0.717) is 6.42 Å². The maximum atomic E-state index is 12.4. The molecule has 0 atom stereocenters. The molecular weight excluding hydrogens is 370 g/mol. The molecule has 0 unspecified atom stereocenters. The van der Waals surface area contributed by atoms with E-state index in [1.165, 1.54) is 24.5 Å². The number of carbonyl (C=O) groups excluding carboxylic acids is 2. The Hall–Kier alpha value is -2.75. The zero-order valence-corrected chi connectivity index (χ0v) is 14.3. The van der Waals surface area contributed by atoms with Crippen molar-refractivity contribution in [2.45, 2.75) is 23.5 Å². The summed E-state index contributed by atoms with van der Waals surface area (Å²) < 4.78 is 52.4. The van der Waals surface area contributed by atoms with Gasteiger partial charge in [0.05, 0.1) is 11.2 Å². The lowest BCUT2D eigenvalue weighted by Crippen LogP contribution is -2.25. The van der Waals surface area contributed by atoms with Crippen LogP contribution in [0.5, 0.6) is 0 Å². The predicted octanol–water partition coefficient (Wildman–Crippen LogP) is 2.42. The highest BCUT2D eigenvalue weighted by Gasteiger charge is 2.26. The minimum atomic E-state index is -4.66. The van der Waals surface area contributed by atoms with Crippen LogP contribution in [0.15, 0.2) is 52.0 Å². The van der Waals surface area contributed by atoms with Crippen LogP contribution in [0, 0.1) is 0 Å². The van der Waals surface area contributed by atoms with E-state index in [2.05, 4.69) is 10.6 Å². The topological polar surface area (TPSA) is 105 Å². The molecule has 0 aliphatic rings. The summed E-state index contributed by atoms with van der Waals surface area (Å²) in [5, 5.41) is 5.10. The molecule has 140 valence electrons. The monoisotopic (exact) mass is 386 g/mol. The predicted molar refractivity (Wildman–Crippen MR) is 88.5 cm³/mol. The molecule has 1 heterocycles. The van der Waals surface area contributed by atoms with Gasteiger partial charge in [-0.1, -0.05) is 0 Å². The van der Waals surface area contributed by atoms with Crippen molar-refractivity contribution in [2.24, 2.45) is 0 Å². The number of alkyl halides is 2. The summed E-state index contributed by atoms with van der Waals surface area (Å²) in [7, 11) is -4.66. The van der Waals surface area contributed by atoms with Gasteiger partial charge in [-0.2, -0.15) is 8.78 Å². The van der Waals surface area contributed by atoms with Gasteiger partial charge in [-0.25, -0.2) is 8.42 Å². The third-order valence-corrected chi connectivity index (χ3v) is 4.71. The normalized spacial score (nSPS) is 11.3. The first-order valence-electron chi connectivity index (χ1n) is 7.54. The van der Waals surface area contributed by atoms with Crippen molar-refractivity contribution in [1.82, 2.24) is 5.32 Å². The molecule has 2 aromatic rings. The lowest BCUT2D eigenvalue weighted by molar-refractivity contribution is -0.116. The van der Waals surface area contributed by atoms with Gasteiger partial charge in [0.15, 0.2) is 5.76 Å². The van der Waals surface area contributed by atoms with Gasteiger partial charge in [0, 0.05) is 18.7 Å². The van der Waals surface area contributed by atoms with E-state index in [1.807, 2.05) is 0 Å². The first kappa shape index (κ1) is 19.6. The summed E-state index contributed by atoms with van der Waals surface area (Å²) >= 11 is 0. The second kappa shape index (κ2) is 8.56. The second-order valence-electron chi connectivity index (χ2n) is 5.21. The minimum absolute atomic E-state index is 0.107. The van der Waals surface area contributed by atoms with Crippen molar-refractivity contribution < 1.29 is 31.2 Å². The van der Waals surface area contributed by atoms with Crippen LogP contribution in [0.1, 0.15) is 23.4 Å². The number of carbonyl (C=O) groups is 2. The number of nitrogens with one attached hydrogen (secondary N) is 2. The number of rotatable bonds is 8. The molecule has 0 aliphatic carbocycles. The molecular formula is C16H16F2N2O5S. The molecule has 26 heavy (non-hydrogen) atoms. The first-order chi connectivity index (χ1) is 12.3. The molecule has 10 heteroatoms. The molecule has 2 rings (SSSR count). The van der Waals surface area contributed by atoms with E-state index in [9.17, 15) is 26.8 Å². The van der Waals surface area contributed by atoms with Gasteiger partial charge in [-0.05, 0) is 42.8 Å². The van der Waals surface area contributed by atoms with E-state index < -0.39 is 20.5 Å². The highest BCUT2D eigenvalue weighted by molar-refractivity contribution is 7.91. The quantitative estimate of drug-likeness (QED) is 0.678. The fourth-order valence-corrected chi connectivity index (χ4v) is 2.72. The Morgan fingerprint density at radius 3 is 2.38 bits per heavy atom. The van der Waals surface area contributed by atoms with Gasteiger partial charge in [0.2, 0.25) is 15.7 Å². The number of benzene rings is 1. The van der Waals surface area contributed by atoms with Crippen LogP contribution in [-0.4, -0.2) is 32.5 Å². The number of anilines is 1. The lowest BCUT2D eigenvalue weighted by atomic mass is 10.2. The molecule has 0 saturated heterocycles. The van der Waals surface area contributed by atoms with E-state index in [4.69, 9.17) is 4.42 Å². The highest BCUT2D eigenvalue weighted by Crippen LogP contribution is 2.20. The summed E-state index contributed by atoms with van der Waals surface area (Å²) in [5.74, 6) is -4.07. The Labute approximate surface area is 148 Å². The molecule has 7 nitrogen and oxygen atoms in total. The van der Waals surface area contributed by atoms with Crippen LogP contribution in [0.4, 0.5) is 14.5 Å². The van der Waals surface area contributed by atoms with Crippen LogP contribution in [0.25, 0.3) is 0 Å². The summed E-state index contributed by atoms with van der Waals surface area (Å²) in [6, 6.07) is 7.55. The van der Waals surface area contributed by atoms with Crippen molar-refractivity contribution in [2.75, 3.05) is 11.9 Å². The summed E-state index contributed by atoms with van der Waals surface area (Å²) in [6.45, 7) is 0.262. The van der Waals surface area contributed by atoms with Crippen LogP contribution >= 0.6 is 0 Å². The maximum Gasteiger partial charge on any atom is 0.341 e. The van der Waals surface area contributed by atoms with Crippen molar-refractivity contribution >= 4 is 27.3 Å². The van der Waals surface area contributed by atoms with Crippen LogP contribution in [0.3, 0.4) is 0 Å². The smallest absolute Gasteiger partial charge is 0.341 e. The Morgan fingerprint density at radius 1 is 1.12 bits per heavy atom. The van der Waals surface area contributed by atoms with Crippen molar-refractivity contribution in [3.8, 4) is 0 Å². The molecule has 0 fully saturated rings. The van der Waals surface area contributed by atoms with E-state index in [-0.39, 0.29) is 36.2 Å². The van der Waals surface area contributed by atoms with Crippen molar-refractivity contribution in [3.63, 3.8) is 0 Å². The first-order valence-corrected chi connectivity index (χ1v) is 9.09. The molecule has 0 aliphatic heterocycles. The SMILES string of the molecule is O=C(CCCNC(=O)c1ccco1)Nc1ccc(S(=O)(=O)C(F)F)cc1. The van der Waals surface area contributed by atoms with Crippen molar-refractivity contribution in [3.05, 3.63) is 48.4 Å². The number of hydrogen-bond acceptors (Lipinski definition) is 5. The molecule has 2 N–H and O–H groups in total. The fourth-order valence-electron chi connectivity index (χ4n) is 2.00.